The van der Waals surface area contributed by atoms with Gasteiger partial charge in [-0.3, -0.25) is 4.57 Å². The first-order chi connectivity index (χ1) is 13.4. The fourth-order valence-corrected chi connectivity index (χ4v) is 3.23. The number of hydrogen-bond acceptors (Lipinski definition) is 5. The number of hydrogen-bond donors (Lipinski definition) is 1. The predicted octanol–water partition coefficient (Wildman–Crippen LogP) is 4.07. The van der Waals surface area contributed by atoms with Gasteiger partial charge >= 0.3 is 0 Å². The van der Waals surface area contributed by atoms with Crippen LogP contribution in [0.5, 0.6) is 0 Å². The number of imidazole rings is 1. The molecule has 0 atom stereocenters. The molecule has 2 N–H and O–H groups in total. The lowest BCUT2D eigenvalue weighted by Gasteiger charge is -2.12. The van der Waals surface area contributed by atoms with Gasteiger partial charge < -0.3 is 5.73 Å². The van der Waals surface area contributed by atoms with Crippen molar-refractivity contribution in [2.45, 2.75) is 13.3 Å². The SMILES string of the molecule is Cc1cc(C#N)nn1-c1nc(-n2cnc3cc(N)c(Br)cc32)ccc1C(F)F. The number of rotatable bonds is 3. The van der Waals surface area contributed by atoms with Crippen LogP contribution >= 0.6 is 15.9 Å². The molecular formula is C18H12BrF2N7. The molecule has 3 aromatic heterocycles. The van der Waals surface area contributed by atoms with Gasteiger partial charge in [0.2, 0.25) is 0 Å². The minimum atomic E-state index is -2.75. The van der Waals surface area contributed by atoms with Gasteiger partial charge in [0.1, 0.15) is 18.2 Å². The van der Waals surface area contributed by atoms with E-state index < -0.39 is 6.43 Å². The van der Waals surface area contributed by atoms with Crippen LogP contribution in [0, 0.1) is 18.3 Å². The largest absolute Gasteiger partial charge is 0.398 e. The van der Waals surface area contributed by atoms with Crippen molar-refractivity contribution in [3.8, 4) is 17.7 Å². The van der Waals surface area contributed by atoms with Gasteiger partial charge in [-0.15, -0.1) is 0 Å². The van der Waals surface area contributed by atoms with Crippen molar-refractivity contribution in [2.75, 3.05) is 5.73 Å². The van der Waals surface area contributed by atoms with Crippen molar-refractivity contribution in [3.63, 3.8) is 0 Å². The zero-order chi connectivity index (χ0) is 20.0. The van der Waals surface area contributed by atoms with Gasteiger partial charge in [0.05, 0.1) is 16.6 Å². The maximum atomic E-state index is 13.6. The van der Waals surface area contributed by atoms with Gasteiger partial charge in [0.15, 0.2) is 11.5 Å². The second-order valence-electron chi connectivity index (χ2n) is 6.05. The Morgan fingerprint density at radius 1 is 1.25 bits per heavy atom. The molecule has 4 aromatic rings. The van der Waals surface area contributed by atoms with Crippen LogP contribution in [-0.4, -0.2) is 24.3 Å². The summed E-state index contributed by atoms with van der Waals surface area (Å²) in [5, 5.41) is 13.1. The smallest absolute Gasteiger partial charge is 0.267 e. The summed E-state index contributed by atoms with van der Waals surface area (Å²) in [5.41, 5.74) is 8.14. The number of halogens is 3. The summed E-state index contributed by atoms with van der Waals surface area (Å²) in [6.45, 7) is 1.67. The van der Waals surface area contributed by atoms with Crippen molar-refractivity contribution >= 4 is 32.7 Å². The topological polar surface area (TPSA) is 98.3 Å². The van der Waals surface area contributed by atoms with Gasteiger partial charge in [-0.2, -0.15) is 10.4 Å². The number of anilines is 1. The molecule has 140 valence electrons. The highest BCUT2D eigenvalue weighted by atomic mass is 79.9. The van der Waals surface area contributed by atoms with Crippen LogP contribution in [0.25, 0.3) is 22.7 Å². The molecule has 0 amide bonds. The maximum absolute atomic E-state index is 13.6. The second kappa shape index (κ2) is 6.69. The molecule has 0 aliphatic rings. The Hall–Kier alpha value is -3.32. The van der Waals surface area contributed by atoms with Crippen LogP contribution in [0.2, 0.25) is 0 Å². The lowest BCUT2D eigenvalue weighted by molar-refractivity contribution is 0.150. The third-order valence-electron chi connectivity index (χ3n) is 4.24. The summed E-state index contributed by atoms with van der Waals surface area (Å²) in [4.78, 5) is 8.71. The average molecular weight is 444 g/mol. The number of benzene rings is 1. The van der Waals surface area contributed by atoms with Crippen molar-refractivity contribution in [3.05, 3.63) is 58.1 Å². The number of aryl methyl sites for hydroxylation is 1. The number of pyridine rings is 1. The van der Waals surface area contributed by atoms with Crippen molar-refractivity contribution in [2.24, 2.45) is 0 Å². The Kier molecular flexibility index (Phi) is 4.31. The Morgan fingerprint density at radius 3 is 2.71 bits per heavy atom. The van der Waals surface area contributed by atoms with Crippen LogP contribution in [-0.2, 0) is 0 Å². The fourth-order valence-electron chi connectivity index (χ4n) is 2.90. The van der Waals surface area contributed by atoms with E-state index >= 15 is 0 Å². The molecule has 0 aliphatic heterocycles. The van der Waals surface area contributed by atoms with Crippen LogP contribution in [0.1, 0.15) is 23.4 Å². The standard InChI is InChI=1S/C18H12BrF2N7/c1-9-4-10(7-22)26-28(9)18-11(17(20)21)2-3-16(25-18)27-8-24-14-6-13(23)12(19)5-15(14)27/h2-6,8,17H,23H2,1H3. The molecule has 0 saturated heterocycles. The van der Waals surface area contributed by atoms with Gasteiger partial charge in [-0.1, -0.05) is 0 Å². The molecule has 7 nitrogen and oxygen atoms in total. The molecular weight excluding hydrogens is 432 g/mol. The molecule has 0 unspecified atom stereocenters. The van der Waals surface area contributed by atoms with Crippen LogP contribution in [0.15, 0.2) is 41.1 Å². The van der Waals surface area contributed by atoms with E-state index in [0.717, 1.165) is 0 Å². The van der Waals surface area contributed by atoms with Gasteiger partial charge in [-0.05, 0) is 53.2 Å². The Balaban J connectivity index is 1.94. The lowest BCUT2D eigenvalue weighted by atomic mass is 10.2. The summed E-state index contributed by atoms with van der Waals surface area (Å²) < 4.78 is 30.7. The van der Waals surface area contributed by atoms with Crippen molar-refractivity contribution in [1.29, 1.82) is 5.26 Å². The number of aromatic nitrogens is 5. The van der Waals surface area contributed by atoms with Gasteiger partial charge in [0, 0.05) is 15.9 Å². The quantitative estimate of drug-likeness (QED) is 0.481. The zero-order valence-corrected chi connectivity index (χ0v) is 16.0. The molecule has 0 saturated carbocycles. The molecule has 0 fully saturated rings. The van der Waals surface area contributed by atoms with Crippen LogP contribution in [0.3, 0.4) is 0 Å². The van der Waals surface area contributed by atoms with E-state index in [2.05, 4.69) is 31.0 Å². The van der Waals surface area contributed by atoms with E-state index in [1.807, 2.05) is 6.07 Å². The summed E-state index contributed by atoms with van der Waals surface area (Å²) in [7, 11) is 0. The van der Waals surface area contributed by atoms with Gasteiger partial charge in [-0.25, -0.2) is 23.4 Å². The maximum Gasteiger partial charge on any atom is 0.267 e. The molecule has 10 heteroatoms. The van der Waals surface area contributed by atoms with E-state index in [4.69, 9.17) is 11.0 Å². The number of alkyl halides is 2. The van der Waals surface area contributed by atoms with E-state index in [9.17, 15) is 8.78 Å². The minimum absolute atomic E-state index is 0.0390. The molecule has 0 aliphatic carbocycles. The van der Waals surface area contributed by atoms with Crippen LogP contribution in [0.4, 0.5) is 14.5 Å². The minimum Gasteiger partial charge on any atom is -0.398 e. The monoisotopic (exact) mass is 443 g/mol. The highest BCUT2D eigenvalue weighted by Crippen LogP contribution is 2.30. The van der Waals surface area contributed by atoms with E-state index in [-0.39, 0.29) is 17.1 Å². The Morgan fingerprint density at radius 2 is 2.04 bits per heavy atom. The van der Waals surface area contributed by atoms with E-state index in [0.29, 0.717) is 32.7 Å². The summed E-state index contributed by atoms with van der Waals surface area (Å²) >= 11 is 3.38. The number of fused-ring (bicyclic) bond motifs is 1. The molecule has 3 heterocycles. The zero-order valence-electron chi connectivity index (χ0n) is 14.4. The third kappa shape index (κ3) is 2.90. The number of nitrogens with two attached hydrogens (primary N) is 1. The predicted molar refractivity (Wildman–Crippen MR) is 103 cm³/mol. The molecule has 0 radical (unpaired) electrons. The molecule has 4 rings (SSSR count). The number of nitrogens with zero attached hydrogens (tertiary/aromatic N) is 6. The normalized spacial score (nSPS) is 11.3. The highest BCUT2D eigenvalue weighted by molar-refractivity contribution is 9.10. The van der Waals surface area contributed by atoms with Gasteiger partial charge in [0.25, 0.3) is 6.43 Å². The Labute approximate surface area is 166 Å². The van der Waals surface area contributed by atoms with E-state index in [1.165, 1.54) is 22.9 Å². The Bertz CT molecular complexity index is 1250. The molecule has 0 bridgehead atoms. The highest BCUT2D eigenvalue weighted by Gasteiger charge is 2.20. The second-order valence-corrected chi connectivity index (χ2v) is 6.91. The summed E-state index contributed by atoms with van der Waals surface area (Å²) in [6, 6.07) is 9.70. The first-order valence-electron chi connectivity index (χ1n) is 8.07. The average Bonchev–Trinajstić information content (AvgIpc) is 3.24. The molecule has 0 spiro atoms. The third-order valence-corrected chi connectivity index (χ3v) is 4.93. The summed E-state index contributed by atoms with van der Waals surface area (Å²) in [5.74, 6) is 0.342. The van der Waals surface area contributed by atoms with Crippen LogP contribution < -0.4 is 5.73 Å². The number of nitrogen functional groups attached to an aromatic ring is 1. The molecule has 28 heavy (non-hydrogen) atoms. The first kappa shape index (κ1) is 18.1. The van der Waals surface area contributed by atoms with E-state index in [1.54, 1.807) is 30.0 Å². The summed E-state index contributed by atoms with van der Waals surface area (Å²) in [6.07, 6.45) is -1.21. The van der Waals surface area contributed by atoms with Crippen molar-refractivity contribution < 1.29 is 8.78 Å². The molecule has 1 aromatic carbocycles. The number of nitriles is 1. The fraction of sp³-hybridized carbons (Fsp3) is 0.111. The van der Waals surface area contributed by atoms with Crippen molar-refractivity contribution in [1.82, 2.24) is 24.3 Å². The lowest BCUT2D eigenvalue weighted by Crippen LogP contribution is -2.09. The first-order valence-corrected chi connectivity index (χ1v) is 8.87.